The van der Waals surface area contributed by atoms with Gasteiger partial charge in [0.05, 0.1) is 11.8 Å². The molecule has 96 valence electrons. The van der Waals surface area contributed by atoms with Crippen LogP contribution in [0.1, 0.15) is 18.4 Å². The Morgan fingerprint density at radius 2 is 2.00 bits per heavy atom. The first-order chi connectivity index (χ1) is 8.31. The molecule has 0 spiro atoms. The van der Waals surface area contributed by atoms with E-state index in [4.69, 9.17) is 0 Å². The van der Waals surface area contributed by atoms with Crippen LogP contribution < -0.4 is 5.43 Å². The van der Waals surface area contributed by atoms with E-state index in [2.05, 4.69) is 43.6 Å². The van der Waals surface area contributed by atoms with Gasteiger partial charge in [0.15, 0.2) is 5.17 Å². The molecule has 0 aromatic heterocycles. The van der Waals surface area contributed by atoms with Gasteiger partial charge in [0.2, 0.25) is 0 Å². The summed E-state index contributed by atoms with van der Waals surface area (Å²) in [7, 11) is 0. The number of amidine groups is 1. The van der Waals surface area contributed by atoms with Crippen molar-refractivity contribution >= 4 is 51.0 Å². The zero-order valence-electron chi connectivity index (χ0n) is 9.60. The number of thioether (sulfide) groups is 1. The van der Waals surface area contributed by atoms with Gasteiger partial charge in [-0.15, -0.1) is 12.4 Å². The molecule has 0 unspecified atom stereocenters. The van der Waals surface area contributed by atoms with E-state index in [1.165, 1.54) is 18.4 Å². The summed E-state index contributed by atoms with van der Waals surface area (Å²) < 4.78 is 1.09. The maximum absolute atomic E-state index is 4.54. The van der Waals surface area contributed by atoms with E-state index in [1.54, 1.807) is 11.8 Å². The van der Waals surface area contributed by atoms with E-state index in [9.17, 15) is 0 Å². The van der Waals surface area contributed by atoms with E-state index < -0.39 is 0 Å². The van der Waals surface area contributed by atoms with E-state index in [0.29, 0.717) is 6.04 Å². The fourth-order valence-corrected chi connectivity index (χ4v) is 2.65. The molecule has 0 saturated heterocycles. The van der Waals surface area contributed by atoms with E-state index in [-0.39, 0.29) is 12.4 Å². The highest BCUT2D eigenvalue weighted by molar-refractivity contribution is 9.10. The number of benzene rings is 1. The Labute approximate surface area is 125 Å². The summed E-state index contributed by atoms with van der Waals surface area (Å²) in [5.41, 5.74) is 5.29. The molecule has 6 heteroatoms. The van der Waals surface area contributed by atoms with Crippen molar-refractivity contribution in [1.29, 1.82) is 0 Å². The molecule has 1 aliphatic heterocycles. The van der Waals surface area contributed by atoms with Crippen molar-refractivity contribution in [2.45, 2.75) is 18.9 Å². The van der Waals surface area contributed by atoms with Gasteiger partial charge in [0.1, 0.15) is 0 Å². The van der Waals surface area contributed by atoms with Crippen molar-refractivity contribution in [3.05, 3.63) is 34.3 Å². The van der Waals surface area contributed by atoms with Crippen molar-refractivity contribution in [2.75, 3.05) is 5.75 Å². The number of rotatable bonds is 2. The molecule has 0 atom stereocenters. The molecule has 1 saturated carbocycles. The van der Waals surface area contributed by atoms with E-state index in [0.717, 1.165) is 21.1 Å². The van der Waals surface area contributed by atoms with Crippen LogP contribution in [0.15, 0.2) is 38.8 Å². The first-order valence-electron chi connectivity index (χ1n) is 5.60. The van der Waals surface area contributed by atoms with Crippen molar-refractivity contribution in [3.8, 4) is 0 Å². The molecular formula is C12H13BrClN3S. The smallest absolute Gasteiger partial charge is 0.177 e. The minimum atomic E-state index is 0. The molecule has 0 bridgehead atoms. The second-order valence-corrected chi connectivity index (χ2v) is 6.01. The molecule has 0 amide bonds. The van der Waals surface area contributed by atoms with Crippen molar-refractivity contribution in [3.63, 3.8) is 0 Å². The van der Waals surface area contributed by atoms with Crippen molar-refractivity contribution < 1.29 is 0 Å². The third kappa shape index (κ3) is 3.49. The van der Waals surface area contributed by atoms with Gasteiger partial charge in [-0.25, -0.2) is 0 Å². The second kappa shape index (κ2) is 6.08. The lowest BCUT2D eigenvalue weighted by molar-refractivity contribution is 0.985. The van der Waals surface area contributed by atoms with Crippen LogP contribution in [-0.2, 0) is 0 Å². The molecule has 3 rings (SSSR count). The predicted octanol–water partition coefficient (Wildman–Crippen LogP) is 3.43. The zero-order valence-corrected chi connectivity index (χ0v) is 12.8. The van der Waals surface area contributed by atoms with Crippen LogP contribution in [0.25, 0.3) is 0 Å². The summed E-state index contributed by atoms with van der Waals surface area (Å²) in [6, 6.07) is 8.78. The summed E-state index contributed by atoms with van der Waals surface area (Å²) in [6.45, 7) is 0. The lowest BCUT2D eigenvalue weighted by Gasteiger charge is -2.14. The van der Waals surface area contributed by atoms with Gasteiger partial charge >= 0.3 is 0 Å². The van der Waals surface area contributed by atoms with Gasteiger partial charge in [-0.2, -0.15) is 5.10 Å². The first-order valence-corrected chi connectivity index (χ1v) is 7.38. The monoisotopic (exact) mass is 345 g/mol. The van der Waals surface area contributed by atoms with Crippen LogP contribution in [0.2, 0.25) is 0 Å². The van der Waals surface area contributed by atoms with Crippen LogP contribution in [0.5, 0.6) is 0 Å². The Bertz CT molecular complexity index is 483. The molecule has 1 fully saturated rings. The van der Waals surface area contributed by atoms with Gasteiger partial charge in [-0.1, -0.05) is 39.8 Å². The van der Waals surface area contributed by atoms with Gasteiger partial charge in [0.25, 0.3) is 0 Å². The lowest BCUT2D eigenvalue weighted by atomic mass is 10.1. The van der Waals surface area contributed by atoms with Crippen LogP contribution in [-0.4, -0.2) is 22.7 Å². The Morgan fingerprint density at radius 3 is 2.56 bits per heavy atom. The molecule has 18 heavy (non-hydrogen) atoms. The quantitative estimate of drug-likeness (QED) is 0.890. The fraction of sp³-hybridized carbons (Fsp3) is 0.333. The largest absolute Gasteiger partial charge is 0.258 e. The highest BCUT2D eigenvalue weighted by Gasteiger charge is 2.22. The topological polar surface area (TPSA) is 36.8 Å². The molecule has 0 radical (unpaired) electrons. The molecular weight excluding hydrogens is 334 g/mol. The number of nitrogens with zero attached hydrogens (tertiary/aromatic N) is 2. The summed E-state index contributed by atoms with van der Waals surface area (Å²) in [6.07, 6.45) is 2.46. The third-order valence-electron chi connectivity index (χ3n) is 2.66. The van der Waals surface area contributed by atoms with Crippen LogP contribution in [0.3, 0.4) is 0 Å². The summed E-state index contributed by atoms with van der Waals surface area (Å²) in [5, 5.41) is 5.36. The van der Waals surface area contributed by atoms with Gasteiger partial charge in [0, 0.05) is 10.2 Å². The molecule has 1 aromatic rings. The SMILES string of the molecule is Brc1ccc(C2=NNC(=NC3CC3)SC2)cc1.Cl. The molecule has 1 aliphatic carbocycles. The lowest BCUT2D eigenvalue weighted by Crippen LogP contribution is -2.25. The molecule has 1 N–H and O–H groups in total. The molecule has 3 nitrogen and oxygen atoms in total. The van der Waals surface area contributed by atoms with Gasteiger partial charge in [-0.05, 0) is 30.5 Å². The number of nitrogens with one attached hydrogen (secondary N) is 1. The number of hydrogen-bond acceptors (Lipinski definition) is 3. The minimum absolute atomic E-state index is 0. The highest BCUT2D eigenvalue weighted by Crippen LogP contribution is 2.25. The Morgan fingerprint density at radius 1 is 1.28 bits per heavy atom. The van der Waals surface area contributed by atoms with E-state index in [1.807, 2.05) is 12.1 Å². The maximum Gasteiger partial charge on any atom is 0.177 e. The molecule has 1 heterocycles. The van der Waals surface area contributed by atoms with E-state index >= 15 is 0 Å². The normalized spacial score (nSPS) is 20.9. The maximum atomic E-state index is 4.54. The number of halogens is 2. The predicted molar refractivity (Wildman–Crippen MR) is 84.0 cm³/mol. The zero-order chi connectivity index (χ0) is 11.7. The number of aliphatic imine (C=N–C) groups is 1. The minimum Gasteiger partial charge on any atom is -0.258 e. The first kappa shape index (κ1) is 13.9. The summed E-state index contributed by atoms with van der Waals surface area (Å²) in [5.74, 6) is 0.889. The Kier molecular flexibility index (Phi) is 4.70. The second-order valence-electron chi connectivity index (χ2n) is 4.13. The summed E-state index contributed by atoms with van der Waals surface area (Å²) >= 11 is 5.17. The standard InChI is InChI=1S/C12H12BrN3S.ClH/c13-9-3-1-8(2-4-9)11-7-17-12(16-15-11)14-10-5-6-10;/h1-4,10H,5-7H2,(H,14,16);1H. The average Bonchev–Trinajstić information content (AvgIpc) is 3.15. The highest BCUT2D eigenvalue weighted by atomic mass is 79.9. The Hall–Kier alpha value is -0.520. The third-order valence-corrected chi connectivity index (χ3v) is 4.07. The molecule has 2 aliphatic rings. The van der Waals surface area contributed by atoms with Gasteiger partial charge in [-0.3, -0.25) is 10.4 Å². The van der Waals surface area contributed by atoms with Crippen LogP contribution in [0.4, 0.5) is 0 Å². The number of hydrazone groups is 1. The fourth-order valence-electron chi connectivity index (χ4n) is 1.54. The Balaban J connectivity index is 0.00000120. The molecule has 1 aromatic carbocycles. The summed E-state index contributed by atoms with van der Waals surface area (Å²) in [4.78, 5) is 4.54. The average molecular weight is 347 g/mol. The van der Waals surface area contributed by atoms with Crippen molar-refractivity contribution in [1.82, 2.24) is 5.43 Å². The van der Waals surface area contributed by atoms with Crippen molar-refractivity contribution in [2.24, 2.45) is 10.1 Å². The van der Waals surface area contributed by atoms with Crippen LogP contribution >= 0.6 is 40.1 Å². The van der Waals surface area contributed by atoms with Crippen LogP contribution in [0, 0.1) is 0 Å². The number of hydrogen-bond donors (Lipinski definition) is 1. The van der Waals surface area contributed by atoms with Gasteiger partial charge < -0.3 is 0 Å².